The van der Waals surface area contributed by atoms with Crippen LogP contribution >= 0.6 is 0 Å². The van der Waals surface area contributed by atoms with Crippen LogP contribution in [-0.4, -0.2) is 5.11 Å². The van der Waals surface area contributed by atoms with E-state index in [1.165, 1.54) is 36.8 Å². The molecule has 1 fully saturated rings. The van der Waals surface area contributed by atoms with Gasteiger partial charge in [-0.05, 0) is 65.8 Å². The molecule has 1 nitrogen and oxygen atoms in total. The van der Waals surface area contributed by atoms with Gasteiger partial charge in [0, 0.05) is 0 Å². The number of benzene rings is 1. The Bertz CT molecular complexity index is 414. The van der Waals surface area contributed by atoms with Crippen molar-refractivity contribution in [3.63, 3.8) is 0 Å². The normalized spacial score (nSPS) is 21.0. The lowest BCUT2D eigenvalue weighted by atomic mass is 9.87. The van der Waals surface area contributed by atoms with E-state index in [0.717, 1.165) is 0 Å². The van der Waals surface area contributed by atoms with Crippen molar-refractivity contribution in [2.24, 2.45) is 0 Å². The first kappa shape index (κ1) is 9.26. The van der Waals surface area contributed by atoms with Crippen LogP contribution in [0.1, 0.15) is 55.7 Å². The van der Waals surface area contributed by atoms with Crippen molar-refractivity contribution in [2.45, 2.75) is 50.9 Å². The summed E-state index contributed by atoms with van der Waals surface area (Å²) < 4.78 is 0. The van der Waals surface area contributed by atoms with E-state index in [1.807, 2.05) is 12.1 Å². The smallest absolute Gasteiger partial charge is 0.116 e. The highest BCUT2D eigenvalue weighted by molar-refractivity contribution is 5.53. The van der Waals surface area contributed by atoms with Gasteiger partial charge in [-0.15, -0.1) is 0 Å². The van der Waals surface area contributed by atoms with Crippen LogP contribution in [0.3, 0.4) is 0 Å². The molecule has 0 radical (unpaired) electrons. The van der Waals surface area contributed by atoms with Crippen LogP contribution in [0.2, 0.25) is 0 Å². The molecule has 2 aliphatic rings. The quantitative estimate of drug-likeness (QED) is 0.739. The monoisotopic (exact) mass is 202 g/mol. The standard InChI is InChI=1S/C14H18O/c1-9(2)12-8-11(15)7-10-3-4-14(5-6-14)13(10)12/h7-9,15H,3-6H2,1-2H3. The number of phenolic OH excluding ortho intramolecular Hbond substituents is 1. The first-order valence-electron chi connectivity index (χ1n) is 5.99. The van der Waals surface area contributed by atoms with E-state index >= 15 is 0 Å². The van der Waals surface area contributed by atoms with Crippen molar-refractivity contribution in [1.29, 1.82) is 0 Å². The Hall–Kier alpha value is -0.980. The first-order valence-corrected chi connectivity index (χ1v) is 5.99. The lowest BCUT2D eigenvalue weighted by Crippen LogP contribution is -2.05. The SMILES string of the molecule is CC(C)c1cc(O)cc2c1C1(CC2)CC1. The summed E-state index contributed by atoms with van der Waals surface area (Å²) in [6, 6.07) is 3.96. The summed E-state index contributed by atoms with van der Waals surface area (Å²) in [4.78, 5) is 0. The maximum absolute atomic E-state index is 9.72. The topological polar surface area (TPSA) is 20.2 Å². The minimum absolute atomic E-state index is 0.454. The van der Waals surface area contributed by atoms with Gasteiger partial charge in [-0.25, -0.2) is 0 Å². The van der Waals surface area contributed by atoms with Gasteiger partial charge in [0.25, 0.3) is 0 Å². The summed E-state index contributed by atoms with van der Waals surface area (Å²) in [6.45, 7) is 4.45. The third kappa shape index (κ3) is 1.22. The molecule has 0 aliphatic heterocycles. The molecule has 0 amide bonds. The molecule has 3 rings (SSSR count). The van der Waals surface area contributed by atoms with Crippen molar-refractivity contribution < 1.29 is 5.11 Å². The second-order valence-corrected chi connectivity index (χ2v) is 5.50. The summed E-state index contributed by atoms with van der Waals surface area (Å²) in [6.07, 6.45) is 5.21. The Morgan fingerprint density at radius 1 is 1.20 bits per heavy atom. The predicted molar refractivity (Wildman–Crippen MR) is 61.4 cm³/mol. The van der Waals surface area contributed by atoms with Crippen LogP contribution in [0.15, 0.2) is 12.1 Å². The minimum Gasteiger partial charge on any atom is -0.508 e. The van der Waals surface area contributed by atoms with Crippen molar-refractivity contribution in [2.75, 3.05) is 0 Å². The van der Waals surface area contributed by atoms with Gasteiger partial charge in [0.05, 0.1) is 0 Å². The molecule has 1 aromatic rings. The summed E-state index contributed by atoms with van der Waals surface area (Å²) >= 11 is 0. The van der Waals surface area contributed by atoms with Crippen LogP contribution in [-0.2, 0) is 11.8 Å². The molecule has 1 saturated carbocycles. The van der Waals surface area contributed by atoms with Gasteiger partial charge in [-0.2, -0.15) is 0 Å². The molecule has 1 heteroatoms. The Kier molecular flexibility index (Phi) is 1.72. The fourth-order valence-electron chi connectivity index (χ4n) is 3.16. The van der Waals surface area contributed by atoms with E-state index < -0.39 is 0 Å². The number of aromatic hydroxyl groups is 1. The van der Waals surface area contributed by atoms with Gasteiger partial charge in [-0.3, -0.25) is 0 Å². The highest BCUT2D eigenvalue weighted by atomic mass is 16.3. The second kappa shape index (κ2) is 2.78. The first-order chi connectivity index (χ1) is 7.12. The molecule has 0 bridgehead atoms. The van der Waals surface area contributed by atoms with Crippen molar-refractivity contribution >= 4 is 0 Å². The summed E-state index contributed by atoms with van der Waals surface area (Å²) in [5.74, 6) is 0.983. The van der Waals surface area contributed by atoms with Crippen LogP contribution in [0, 0.1) is 0 Å². The maximum atomic E-state index is 9.72. The molecule has 2 aliphatic carbocycles. The molecule has 0 atom stereocenters. The molecule has 15 heavy (non-hydrogen) atoms. The zero-order valence-corrected chi connectivity index (χ0v) is 9.51. The van der Waals surface area contributed by atoms with Crippen molar-refractivity contribution in [1.82, 2.24) is 0 Å². The highest BCUT2D eigenvalue weighted by Gasteiger charge is 2.49. The lowest BCUT2D eigenvalue weighted by molar-refractivity contribution is 0.473. The molecule has 0 saturated heterocycles. The Morgan fingerprint density at radius 3 is 2.53 bits per heavy atom. The summed E-state index contributed by atoms with van der Waals surface area (Å²) in [5.41, 5.74) is 4.93. The second-order valence-electron chi connectivity index (χ2n) is 5.50. The van der Waals surface area contributed by atoms with Gasteiger partial charge in [0.2, 0.25) is 0 Å². The molecule has 0 unspecified atom stereocenters. The largest absolute Gasteiger partial charge is 0.508 e. The zero-order chi connectivity index (χ0) is 10.6. The van der Waals surface area contributed by atoms with Crippen molar-refractivity contribution in [3.8, 4) is 5.75 Å². The molecular formula is C14H18O. The van der Waals surface area contributed by atoms with Gasteiger partial charge in [-0.1, -0.05) is 13.8 Å². The summed E-state index contributed by atoms with van der Waals surface area (Å²) in [7, 11) is 0. The maximum Gasteiger partial charge on any atom is 0.116 e. The Labute approximate surface area is 91.1 Å². The fourth-order valence-corrected chi connectivity index (χ4v) is 3.16. The van der Waals surface area contributed by atoms with Gasteiger partial charge >= 0.3 is 0 Å². The Morgan fingerprint density at radius 2 is 1.93 bits per heavy atom. The number of fused-ring (bicyclic) bond motifs is 2. The van der Waals surface area contributed by atoms with E-state index in [9.17, 15) is 5.11 Å². The third-order valence-corrected chi connectivity index (χ3v) is 4.11. The number of aryl methyl sites for hydroxylation is 1. The molecule has 0 heterocycles. The number of rotatable bonds is 1. The van der Waals surface area contributed by atoms with Crippen LogP contribution in [0.5, 0.6) is 5.75 Å². The van der Waals surface area contributed by atoms with Gasteiger partial charge in [0.15, 0.2) is 0 Å². The van der Waals surface area contributed by atoms with Crippen molar-refractivity contribution in [3.05, 3.63) is 28.8 Å². The number of hydrogen-bond acceptors (Lipinski definition) is 1. The third-order valence-electron chi connectivity index (χ3n) is 4.11. The highest BCUT2D eigenvalue weighted by Crippen LogP contribution is 2.59. The fraction of sp³-hybridized carbons (Fsp3) is 0.571. The van der Waals surface area contributed by atoms with E-state index in [4.69, 9.17) is 0 Å². The average molecular weight is 202 g/mol. The van der Waals surface area contributed by atoms with E-state index in [1.54, 1.807) is 5.56 Å². The average Bonchev–Trinajstić information content (AvgIpc) is 2.85. The molecule has 80 valence electrons. The molecule has 1 spiro atoms. The molecule has 1 aromatic carbocycles. The minimum atomic E-state index is 0.454. The van der Waals surface area contributed by atoms with E-state index in [-0.39, 0.29) is 0 Å². The Balaban J connectivity index is 2.22. The molecular weight excluding hydrogens is 184 g/mol. The number of phenols is 1. The summed E-state index contributed by atoms with van der Waals surface area (Å²) in [5, 5.41) is 9.72. The van der Waals surface area contributed by atoms with E-state index in [0.29, 0.717) is 17.1 Å². The van der Waals surface area contributed by atoms with Crippen LogP contribution < -0.4 is 0 Å². The zero-order valence-electron chi connectivity index (χ0n) is 9.51. The molecule has 1 N–H and O–H groups in total. The van der Waals surface area contributed by atoms with Crippen LogP contribution in [0.25, 0.3) is 0 Å². The van der Waals surface area contributed by atoms with Gasteiger partial charge in [0.1, 0.15) is 5.75 Å². The predicted octanol–water partition coefficient (Wildman–Crippen LogP) is 3.49. The van der Waals surface area contributed by atoms with Crippen LogP contribution in [0.4, 0.5) is 0 Å². The van der Waals surface area contributed by atoms with Gasteiger partial charge < -0.3 is 5.11 Å². The molecule has 0 aromatic heterocycles. The lowest BCUT2D eigenvalue weighted by Gasteiger charge is -2.17. The van der Waals surface area contributed by atoms with E-state index in [2.05, 4.69) is 13.8 Å². The number of hydrogen-bond donors (Lipinski definition) is 1.